The molecule has 1 atom stereocenters. The van der Waals surface area contributed by atoms with E-state index >= 15 is 0 Å². The first-order chi connectivity index (χ1) is 4.99. The summed E-state index contributed by atoms with van der Waals surface area (Å²) < 4.78 is 14.5. The molecule has 6 heteroatoms. The molecule has 0 aliphatic rings. The largest absolute Gasteiger partial charge is 0.469 e. The maximum absolute atomic E-state index is 10.2. The minimum atomic E-state index is -4.43. The van der Waals surface area contributed by atoms with Crippen molar-refractivity contribution in [2.75, 3.05) is 6.61 Å². The second-order valence-electron chi connectivity index (χ2n) is 2.19. The molecule has 3 N–H and O–H groups in total. The van der Waals surface area contributed by atoms with Crippen molar-refractivity contribution in [3.05, 3.63) is 0 Å². The van der Waals surface area contributed by atoms with Crippen LogP contribution in [0.1, 0.15) is 19.8 Å². The molecule has 0 saturated heterocycles. The van der Waals surface area contributed by atoms with Gasteiger partial charge in [0.15, 0.2) is 0 Å². The molecular weight excluding hydrogens is 171 g/mol. The van der Waals surface area contributed by atoms with Gasteiger partial charge in [-0.25, -0.2) is 4.57 Å². The van der Waals surface area contributed by atoms with E-state index in [4.69, 9.17) is 14.9 Å². The van der Waals surface area contributed by atoms with E-state index in [1.165, 1.54) is 0 Å². The fourth-order valence-corrected chi connectivity index (χ4v) is 1.25. The summed E-state index contributed by atoms with van der Waals surface area (Å²) in [7, 11) is -4.43. The topological polar surface area (TPSA) is 87.0 Å². The SMILES string of the molecule is CCCC(CO)OP(=O)(O)O. The van der Waals surface area contributed by atoms with Crippen LogP contribution >= 0.6 is 7.82 Å². The lowest BCUT2D eigenvalue weighted by Gasteiger charge is -2.14. The molecule has 0 saturated carbocycles. The first-order valence-corrected chi connectivity index (χ1v) is 4.87. The maximum Gasteiger partial charge on any atom is 0.469 e. The molecule has 0 radical (unpaired) electrons. The van der Waals surface area contributed by atoms with Crippen molar-refractivity contribution in [1.82, 2.24) is 0 Å². The molecular formula is C5H13O5P. The summed E-state index contributed by atoms with van der Waals surface area (Å²) in [6.07, 6.45) is 0.410. The molecule has 1 unspecified atom stereocenters. The van der Waals surface area contributed by atoms with Gasteiger partial charge < -0.3 is 14.9 Å². The fraction of sp³-hybridized carbons (Fsp3) is 1.00. The predicted octanol–water partition coefficient (Wildman–Crippen LogP) is 0.257. The first-order valence-electron chi connectivity index (χ1n) is 3.34. The Morgan fingerprint density at radius 3 is 2.36 bits per heavy atom. The van der Waals surface area contributed by atoms with E-state index < -0.39 is 13.9 Å². The quantitative estimate of drug-likeness (QED) is 0.533. The summed E-state index contributed by atoms with van der Waals surface area (Å²) in [5.41, 5.74) is 0. The summed E-state index contributed by atoms with van der Waals surface area (Å²) in [6, 6.07) is 0. The van der Waals surface area contributed by atoms with E-state index in [1.54, 1.807) is 0 Å². The van der Waals surface area contributed by atoms with Gasteiger partial charge in [-0.2, -0.15) is 0 Å². The Kier molecular flexibility index (Phi) is 4.88. The van der Waals surface area contributed by atoms with Gasteiger partial charge in [0.2, 0.25) is 0 Å². The Hall–Kier alpha value is 0.0700. The van der Waals surface area contributed by atoms with Crippen molar-refractivity contribution in [3.8, 4) is 0 Å². The smallest absolute Gasteiger partial charge is 0.394 e. The van der Waals surface area contributed by atoms with Gasteiger partial charge in [-0.1, -0.05) is 13.3 Å². The third-order valence-electron chi connectivity index (χ3n) is 1.10. The third-order valence-corrected chi connectivity index (χ3v) is 1.67. The van der Waals surface area contributed by atoms with Crippen LogP contribution in [0.4, 0.5) is 0 Å². The number of hydrogen-bond donors (Lipinski definition) is 3. The average molecular weight is 184 g/mol. The molecule has 0 aromatic rings. The summed E-state index contributed by atoms with van der Waals surface area (Å²) in [5.74, 6) is 0. The number of rotatable bonds is 5. The van der Waals surface area contributed by atoms with Crippen molar-refractivity contribution in [1.29, 1.82) is 0 Å². The summed E-state index contributed by atoms with van der Waals surface area (Å²) in [6.45, 7) is 1.48. The summed E-state index contributed by atoms with van der Waals surface area (Å²) >= 11 is 0. The zero-order chi connectivity index (χ0) is 8.91. The van der Waals surface area contributed by atoms with Crippen LogP contribution in [0.15, 0.2) is 0 Å². The van der Waals surface area contributed by atoms with Crippen LogP contribution in [0, 0.1) is 0 Å². The normalized spacial score (nSPS) is 14.9. The van der Waals surface area contributed by atoms with Crippen LogP contribution in [-0.2, 0) is 9.09 Å². The molecule has 0 fully saturated rings. The lowest BCUT2D eigenvalue weighted by molar-refractivity contribution is 0.0743. The molecule has 0 bridgehead atoms. The van der Waals surface area contributed by atoms with E-state index in [2.05, 4.69) is 4.52 Å². The monoisotopic (exact) mass is 184 g/mol. The molecule has 0 amide bonds. The van der Waals surface area contributed by atoms with Gasteiger partial charge in [0, 0.05) is 0 Å². The number of aliphatic hydroxyl groups is 1. The fourth-order valence-electron chi connectivity index (χ4n) is 0.693. The lowest BCUT2D eigenvalue weighted by Crippen LogP contribution is -2.15. The van der Waals surface area contributed by atoms with E-state index in [-0.39, 0.29) is 6.61 Å². The van der Waals surface area contributed by atoms with Crippen LogP contribution in [0.5, 0.6) is 0 Å². The minimum Gasteiger partial charge on any atom is -0.394 e. The van der Waals surface area contributed by atoms with E-state index in [0.29, 0.717) is 12.8 Å². The first kappa shape index (κ1) is 11.1. The van der Waals surface area contributed by atoms with Crippen LogP contribution in [-0.4, -0.2) is 27.6 Å². The van der Waals surface area contributed by atoms with Crippen LogP contribution in [0.3, 0.4) is 0 Å². The van der Waals surface area contributed by atoms with Crippen molar-refractivity contribution in [2.45, 2.75) is 25.9 Å². The molecule has 0 aliphatic heterocycles. The highest BCUT2D eigenvalue weighted by atomic mass is 31.2. The summed E-state index contributed by atoms with van der Waals surface area (Å²) in [5, 5.41) is 8.55. The van der Waals surface area contributed by atoms with E-state index in [9.17, 15) is 4.57 Å². The van der Waals surface area contributed by atoms with E-state index in [0.717, 1.165) is 0 Å². The van der Waals surface area contributed by atoms with Gasteiger partial charge in [-0.05, 0) is 6.42 Å². The summed E-state index contributed by atoms with van der Waals surface area (Å²) in [4.78, 5) is 16.6. The Morgan fingerprint density at radius 1 is 1.55 bits per heavy atom. The second-order valence-corrected chi connectivity index (χ2v) is 3.38. The van der Waals surface area contributed by atoms with Gasteiger partial charge >= 0.3 is 7.82 Å². The van der Waals surface area contributed by atoms with Crippen molar-refractivity contribution in [3.63, 3.8) is 0 Å². The minimum absolute atomic E-state index is 0.362. The highest BCUT2D eigenvalue weighted by Gasteiger charge is 2.20. The Morgan fingerprint density at radius 2 is 2.09 bits per heavy atom. The Balaban J connectivity index is 3.78. The molecule has 0 spiro atoms. The van der Waals surface area contributed by atoms with E-state index in [1.807, 2.05) is 6.92 Å². The highest BCUT2D eigenvalue weighted by molar-refractivity contribution is 7.46. The predicted molar refractivity (Wildman–Crippen MR) is 38.9 cm³/mol. The molecule has 0 rings (SSSR count). The van der Waals surface area contributed by atoms with Crippen LogP contribution in [0.2, 0.25) is 0 Å². The van der Waals surface area contributed by atoms with Crippen molar-refractivity contribution < 1.29 is 24.0 Å². The molecule has 11 heavy (non-hydrogen) atoms. The van der Waals surface area contributed by atoms with Gasteiger partial charge in [0.1, 0.15) is 0 Å². The molecule has 0 heterocycles. The number of phosphoric acid groups is 1. The zero-order valence-electron chi connectivity index (χ0n) is 6.30. The van der Waals surface area contributed by atoms with Gasteiger partial charge in [0.25, 0.3) is 0 Å². The van der Waals surface area contributed by atoms with Gasteiger partial charge in [0.05, 0.1) is 12.7 Å². The standard InChI is InChI=1S/C5H13O5P/c1-2-3-5(4-6)10-11(7,8)9/h5-6H,2-4H2,1H3,(H2,7,8,9). The number of phosphoric ester groups is 1. The van der Waals surface area contributed by atoms with Crippen LogP contribution in [0.25, 0.3) is 0 Å². The van der Waals surface area contributed by atoms with Crippen molar-refractivity contribution in [2.24, 2.45) is 0 Å². The Bertz CT molecular complexity index is 142. The molecule has 0 aromatic heterocycles. The highest BCUT2D eigenvalue weighted by Crippen LogP contribution is 2.38. The van der Waals surface area contributed by atoms with Crippen LogP contribution < -0.4 is 0 Å². The zero-order valence-corrected chi connectivity index (χ0v) is 7.20. The van der Waals surface area contributed by atoms with Gasteiger partial charge in [-0.3, -0.25) is 4.52 Å². The number of aliphatic hydroxyl groups excluding tert-OH is 1. The average Bonchev–Trinajstić information content (AvgIpc) is 1.84. The third kappa shape index (κ3) is 6.47. The molecule has 0 aromatic carbocycles. The maximum atomic E-state index is 10.2. The number of hydrogen-bond acceptors (Lipinski definition) is 3. The lowest BCUT2D eigenvalue weighted by atomic mass is 10.2. The molecule has 0 aliphatic carbocycles. The van der Waals surface area contributed by atoms with Crippen molar-refractivity contribution >= 4 is 7.82 Å². The molecule has 68 valence electrons. The second kappa shape index (κ2) is 4.85. The Labute approximate surface area is 65.2 Å². The van der Waals surface area contributed by atoms with Gasteiger partial charge in [-0.15, -0.1) is 0 Å². The molecule has 5 nitrogen and oxygen atoms in total.